The highest BCUT2D eigenvalue weighted by Gasteiger charge is 2.17. The summed E-state index contributed by atoms with van der Waals surface area (Å²) in [6, 6.07) is 4.58. The number of benzene rings is 1. The Hall–Kier alpha value is -2.22. The first-order valence-electron chi connectivity index (χ1n) is 7.92. The highest BCUT2D eigenvalue weighted by Crippen LogP contribution is 2.21. The van der Waals surface area contributed by atoms with E-state index >= 15 is 0 Å². The largest absolute Gasteiger partial charge is 0.325 e. The number of aromatic nitrogens is 2. The lowest BCUT2D eigenvalue weighted by Crippen LogP contribution is -2.23. The molecule has 1 heterocycles. The predicted molar refractivity (Wildman–Crippen MR) is 93.8 cm³/mol. The van der Waals surface area contributed by atoms with Crippen LogP contribution in [0.15, 0.2) is 34.2 Å². The number of rotatable bonds is 7. The molecule has 134 valence electrons. The number of aromatic amines is 1. The monoisotopic (exact) mass is 367 g/mol. The Balaban J connectivity index is 2.04. The molecular weight excluding hydrogens is 348 g/mol. The van der Waals surface area contributed by atoms with E-state index in [0.29, 0.717) is 17.3 Å². The molecular formula is C17H19F2N3O2S. The number of unbranched alkanes of at least 4 members (excludes halogenated alkanes) is 1. The first-order chi connectivity index (χ1) is 11.9. The van der Waals surface area contributed by atoms with Crippen molar-refractivity contribution in [3.8, 4) is 0 Å². The van der Waals surface area contributed by atoms with Crippen LogP contribution in [0.3, 0.4) is 0 Å². The number of nitrogens with zero attached hydrogens (tertiary/aromatic N) is 1. The fourth-order valence-electron chi connectivity index (χ4n) is 2.06. The third-order valence-electron chi connectivity index (χ3n) is 3.40. The van der Waals surface area contributed by atoms with Gasteiger partial charge in [0.15, 0.2) is 16.8 Å². The van der Waals surface area contributed by atoms with E-state index in [9.17, 15) is 18.4 Å². The molecule has 2 aromatic rings. The van der Waals surface area contributed by atoms with Crippen LogP contribution in [0.5, 0.6) is 0 Å². The smallest absolute Gasteiger partial charge is 0.251 e. The zero-order chi connectivity index (χ0) is 18.4. The maximum Gasteiger partial charge on any atom is 0.251 e. The molecule has 1 atom stereocenters. The van der Waals surface area contributed by atoms with Crippen LogP contribution in [0.2, 0.25) is 0 Å². The molecule has 8 heteroatoms. The maximum atomic E-state index is 13.2. The first-order valence-corrected chi connectivity index (χ1v) is 8.79. The van der Waals surface area contributed by atoms with Gasteiger partial charge in [0.25, 0.3) is 5.56 Å². The van der Waals surface area contributed by atoms with Gasteiger partial charge in [-0.1, -0.05) is 25.1 Å². The van der Waals surface area contributed by atoms with Crippen molar-refractivity contribution in [1.82, 2.24) is 9.97 Å². The van der Waals surface area contributed by atoms with Gasteiger partial charge < -0.3 is 10.3 Å². The summed E-state index contributed by atoms with van der Waals surface area (Å²) in [4.78, 5) is 30.8. The van der Waals surface area contributed by atoms with Crippen molar-refractivity contribution in [2.75, 3.05) is 5.32 Å². The van der Waals surface area contributed by atoms with Gasteiger partial charge in [0.1, 0.15) is 0 Å². The number of carbonyl (C=O) groups excluding carboxylic acids is 1. The number of carbonyl (C=O) groups is 1. The number of thioether (sulfide) groups is 1. The minimum absolute atomic E-state index is 0.162. The summed E-state index contributed by atoms with van der Waals surface area (Å²) >= 11 is 1.09. The van der Waals surface area contributed by atoms with Crippen molar-refractivity contribution in [1.29, 1.82) is 0 Å². The van der Waals surface area contributed by atoms with Crippen molar-refractivity contribution in [2.45, 2.75) is 43.5 Å². The highest BCUT2D eigenvalue weighted by atomic mass is 32.2. The van der Waals surface area contributed by atoms with Crippen LogP contribution in [-0.4, -0.2) is 21.1 Å². The molecule has 0 spiro atoms. The van der Waals surface area contributed by atoms with Crippen molar-refractivity contribution >= 4 is 23.4 Å². The molecule has 1 amide bonds. The molecule has 0 fully saturated rings. The average Bonchev–Trinajstić information content (AvgIpc) is 2.55. The topological polar surface area (TPSA) is 74.8 Å². The standard InChI is InChI=1S/C17H19F2N3O2S/c1-3-4-5-11-9-15(23)22-17(21-11)25-10(2)16(24)20-12-6-7-13(18)14(19)8-12/h6-10H,3-5H2,1-2H3,(H,20,24)(H,21,22,23). The fraction of sp³-hybridized carbons (Fsp3) is 0.353. The number of anilines is 1. The lowest BCUT2D eigenvalue weighted by atomic mass is 10.2. The molecule has 2 rings (SSSR count). The minimum atomic E-state index is -1.03. The quantitative estimate of drug-likeness (QED) is 0.580. The van der Waals surface area contributed by atoms with Gasteiger partial charge in [0.2, 0.25) is 5.91 Å². The van der Waals surface area contributed by atoms with Gasteiger partial charge in [-0.05, 0) is 31.9 Å². The van der Waals surface area contributed by atoms with Gasteiger partial charge in [-0.2, -0.15) is 0 Å². The fourth-order valence-corrected chi connectivity index (χ4v) is 2.89. The average molecular weight is 367 g/mol. The second-order valence-corrected chi connectivity index (χ2v) is 6.85. The molecule has 0 aliphatic carbocycles. The highest BCUT2D eigenvalue weighted by molar-refractivity contribution is 8.00. The number of aryl methyl sites for hydroxylation is 1. The summed E-state index contributed by atoms with van der Waals surface area (Å²) in [5, 5.41) is 2.28. The molecule has 0 aliphatic heterocycles. The second-order valence-electron chi connectivity index (χ2n) is 5.52. The summed E-state index contributed by atoms with van der Waals surface area (Å²) in [6.07, 6.45) is 2.61. The van der Waals surface area contributed by atoms with E-state index in [-0.39, 0.29) is 11.2 Å². The van der Waals surface area contributed by atoms with Crippen molar-refractivity contribution in [3.05, 3.63) is 51.9 Å². The first kappa shape index (κ1) is 19.1. The van der Waals surface area contributed by atoms with Gasteiger partial charge >= 0.3 is 0 Å². The van der Waals surface area contributed by atoms with Gasteiger partial charge in [0.05, 0.1) is 5.25 Å². The van der Waals surface area contributed by atoms with E-state index in [4.69, 9.17) is 0 Å². The summed E-state index contributed by atoms with van der Waals surface area (Å²) in [7, 11) is 0. The second kappa shape index (κ2) is 8.75. The molecule has 1 aromatic heterocycles. The van der Waals surface area contributed by atoms with E-state index in [1.165, 1.54) is 12.1 Å². The van der Waals surface area contributed by atoms with Crippen LogP contribution in [0.4, 0.5) is 14.5 Å². The summed E-state index contributed by atoms with van der Waals surface area (Å²) in [5.74, 6) is -2.42. The third kappa shape index (κ3) is 5.67. The van der Waals surface area contributed by atoms with Crippen LogP contribution in [-0.2, 0) is 11.2 Å². The SMILES string of the molecule is CCCCc1cc(=O)[nH]c(SC(C)C(=O)Nc2ccc(F)c(F)c2)n1. The Morgan fingerprint density at radius 1 is 1.32 bits per heavy atom. The van der Waals surface area contributed by atoms with Crippen LogP contribution in [0.25, 0.3) is 0 Å². The molecule has 0 saturated heterocycles. The molecule has 2 N–H and O–H groups in total. The zero-order valence-electron chi connectivity index (χ0n) is 13.9. The molecule has 0 radical (unpaired) electrons. The van der Waals surface area contributed by atoms with E-state index in [0.717, 1.165) is 36.7 Å². The van der Waals surface area contributed by atoms with E-state index in [2.05, 4.69) is 15.3 Å². The van der Waals surface area contributed by atoms with Crippen LogP contribution in [0.1, 0.15) is 32.4 Å². The molecule has 1 unspecified atom stereocenters. The van der Waals surface area contributed by atoms with Gasteiger partial charge in [0, 0.05) is 23.5 Å². The molecule has 0 aliphatic rings. The number of nitrogens with one attached hydrogen (secondary N) is 2. The number of halogens is 2. The summed E-state index contributed by atoms with van der Waals surface area (Å²) < 4.78 is 26.1. The van der Waals surface area contributed by atoms with Gasteiger partial charge in [-0.3, -0.25) is 9.59 Å². The zero-order valence-corrected chi connectivity index (χ0v) is 14.8. The van der Waals surface area contributed by atoms with Crippen LogP contribution in [0, 0.1) is 11.6 Å². The Bertz CT molecular complexity index is 811. The van der Waals surface area contributed by atoms with Crippen LogP contribution < -0.4 is 10.9 Å². The molecule has 1 aromatic carbocycles. The van der Waals surface area contributed by atoms with E-state index in [1.54, 1.807) is 6.92 Å². The minimum Gasteiger partial charge on any atom is -0.325 e. The lowest BCUT2D eigenvalue weighted by Gasteiger charge is -2.12. The molecule has 0 bridgehead atoms. The van der Waals surface area contributed by atoms with E-state index in [1.807, 2.05) is 6.92 Å². The number of hydrogen-bond donors (Lipinski definition) is 2. The van der Waals surface area contributed by atoms with Crippen molar-refractivity contribution in [2.24, 2.45) is 0 Å². The molecule has 25 heavy (non-hydrogen) atoms. The number of H-pyrrole nitrogens is 1. The Labute approximate surface area is 148 Å². The number of hydrogen-bond acceptors (Lipinski definition) is 4. The third-order valence-corrected chi connectivity index (χ3v) is 4.39. The Morgan fingerprint density at radius 3 is 2.76 bits per heavy atom. The summed E-state index contributed by atoms with van der Waals surface area (Å²) in [5.41, 5.74) is 0.577. The normalized spacial score (nSPS) is 12.0. The predicted octanol–water partition coefficient (Wildman–Crippen LogP) is 3.51. The van der Waals surface area contributed by atoms with Gasteiger partial charge in [-0.25, -0.2) is 13.8 Å². The van der Waals surface area contributed by atoms with Crippen molar-refractivity contribution in [3.63, 3.8) is 0 Å². The lowest BCUT2D eigenvalue weighted by molar-refractivity contribution is -0.115. The summed E-state index contributed by atoms with van der Waals surface area (Å²) in [6.45, 7) is 3.69. The van der Waals surface area contributed by atoms with Crippen LogP contribution >= 0.6 is 11.8 Å². The number of amides is 1. The Morgan fingerprint density at radius 2 is 2.08 bits per heavy atom. The van der Waals surface area contributed by atoms with Gasteiger partial charge in [-0.15, -0.1) is 0 Å². The maximum absolute atomic E-state index is 13.2. The van der Waals surface area contributed by atoms with Crippen molar-refractivity contribution < 1.29 is 13.6 Å². The molecule has 5 nitrogen and oxygen atoms in total. The Kier molecular flexibility index (Phi) is 6.69. The molecule has 0 saturated carbocycles. The van der Waals surface area contributed by atoms with E-state index < -0.39 is 22.8 Å².